The Labute approximate surface area is 112 Å². The number of methoxy groups -OCH3 is 1. The number of sulfonamides is 2. The highest BCUT2D eigenvalue weighted by atomic mass is 32.2. The van der Waals surface area contributed by atoms with Gasteiger partial charge < -0.3 is 4.74 Å². The van der Waals surface area contributed by atoms with Crippen molar-refractivity contribution in [2.45, 2.75) is 11.3 Å². The van der Waals surface area contributed by atoms with Crippen LogP contribution in [0.25, 0.3) is 0 Å². The van der Waals surface area contributed by atoms with E-state index in [-0.39, 0.29) is 16.3 Å². The Balaban J connectivity index is 2.73. The van der Waals surface area contributed by atoms with Crippen LogP contribution in [0.4, 0.5) is 5.69 Å². The minimum atomic E-state index is -3.77. The summed E-state index contributed by atoms with van der Waals surface area (Å²) in [6.07, 6.45) is 0.376. The summed E-state index contributed by atoms with van der Waals surface area (Å²) < 4.78 is 52.5. The Morgan fingerprint density at radius 1 is 1.16 bits per heavy atom. The second-order valence-corrected chi connectivity index (χ2v) is 7.24. The van der Waals surface area contributed by atoms with E-state index in [0.717, 1.165) is 0 Å². The molecule has 0 heterocycles. The number of benzene rings is 1. The number of hydrogen-bond donors (Lipinski definition) is 2. The van der Waals surface area contributed by atoms with Crippen molar-refractivity contribution in [2.75, 3.05) is 24.2 Å². The number of nitrogens with one attached hydrogen (secondary N) is 1. The molecule has 1 aromatic rings. The number of anilines is 1. The zero-order valence-electron chi connectivity index (χ0n) is 10.4. The average molecular weight is 308 g/mol. The Kier molecular flexibility index (Phi) is 5.29. The van der Waals surface area contributed by atoms with E-state index in [1.807, 2.05) is 0 Å². The molecule has 0 bridgehead atoms. The molecule has 108 valence electrons. The van der Waals surface area contributed by atoms with Crippen LogP contribution >= 0.6 is 0 Å². The molecule has 19 heavy (non-hydrogen) atoms. The maximum atomic E-state index is 11.6. The summed E-state index contributed by atoms with van der Waals surface area (Å²) in [5, 5.41) is 4.93. The topological polar surface area (TPSA) is 116 Å². The summed E-state index contributed by atoms with van der Waals surface area (Å²) in [6, 6.07) is 5.16. The first kappa shape index (κ1) is 15.9. The van der Waals surface area contributed by atoms with Crippen molar-refractivity contribution in [1.82, 2.24) is 0 Å². The van der Waals surface area contributed by atoms with Gasteiger partial charge in [0.05, 0.1) is 10.6 Å². The number of ether oxygens (including phenoxy) is 1. The van der Waals surface area contributed by atoms with E-state index in [9.17, 15) is 16.8 Å². The van der Waals surface area contributed by atoms with Gasteiger partial charge in [-0.25, -0.2) is 22.0 Å². The van der Waals surface area contributed by atoms with Crippen molar-refractivity contribution >= 4 is 25.7 Å². The third-order valence-electron chi connectivity index (χ3n) is 2.22. The first-order chi connectivity index (χ1) is 8.74. The first-order valence-electron chi connectivity index (χ1n) is 5.37. The number of primary sulfonamides is 1. The van der Waals surface area contributed by atoms with Gasteiger partial charge in [0.15, 0.2) is 0 Å². The normalized spacial score (nSPS) is 12.3. The van der Waals surface area contributed by atoms with Gasteiger partial charge in [0.25, 0.3) is 0 Å². The molecule has 0 amide bonds. The van der Waals surface area contributed by atoms with E-state index >= 15 is 0 Å². The summed E-state index contributed by atoms with van der Waals surface area (Å²) in [5.74, 6) is -0.0716. The maximum Gasteiger partial charge on any atom is 0.238 e. The van der Waals surface area contributed by atoms with Crippen LogP contribution in [-0.4, -0.2) is 36.3 Å². The molecule has 1 rings (SSSR count). The van der Waals surface area contributed by atoms with Gasteiger partial charge in [-0.15, -0.1) is 0 Å². The van der Waals surface area contributed by atoms with Crippen molar-refractivity contribution in [2.24, 2.45) is 5.14 Å². The van der Waals surface area contributed by atoms with E-state index < -0.39 is 20.0 Å². The minimum absolute atomic E-state index is 0.0716. The number of hydrogen-bond acceptors (Lipinski definition) is 5. The van der Waals surface area contributed by atoms with Crippen molar-refractivity contribution < 1.29 is 21.6 Å². The molecule has 1 aromatic carbocycles. The predicted octanol–water partition coefficient (Wildman–Crippen LogP) is 0.112. The van der Waals surface area contributed by atoms with Gasteiger partial charge in [-0.3, -0.25) is 4.72 Å². The Bertz CT molecular complexity index is 608. The fraction of sp³-hybridized carbons (Fsp3) is 0.400. The van der Waals surface area contributed by atoms with Crippen LogP contribution in [0.15, 0.2) is 29.2 Å². The molecular formula is C10H16N2O5S2. The molecule has 0 saturated carbocycles. The summed E-state index contributed by atoms with van der Waals surface area (Å²) in [5.41, 5.74) is 0.282. The number of rotatable bonds is 7. The highest BCUT2D eigenvalue weighted by molar-refractivity contribution is 7.92. The summed E-state index contributed by atoms with van der Waals surface area (Å²) in [6.45, 7) is 0.352. The molecule has 0 radical (unpaired) electrons. The summed E-state index contributed by atoms with van der Waals surface area (Å²) in [4.78, 5) is -0.0742. The molecule has 0 aliphatic heterocycles. The average Bonchev–Trinajstić information content (AvgIpc) is 2.28. The van der Waals surface area contributed by atoms with Crippen LogP contribution < -0.4 is 9.86 Å². The second-order valence-electron chi connectivity index (χ2n) is 3.84. The van der Waals surface area contributed by atoms with Gasteiger partial charge in [0.2, 0.25) is 20.0 Å². The van der Waals surface area contributed by atoms with Crippen LogP contribution in [0.3, 0.4) is 0 Å². The lowest BCUT2D eigenvalue weighted by Crippen LogP contribution is -2.18. The molecule has 0 aliphatic carbocycles. The largest absolute Gasteiger partial charge is 0.385 e. The molecule has 0 fully saturated rings. The molecule has 0 unspecified atom stereocenters. The van der Waals surface area contributed by atoms with Crippen molar-refractivity contribution in [3.8, 4) is 0 Å². The molecule has 0 saturated heterocycles. The molecule has 0 aromatic heterocycles. The van der Waals surface area contributed by atoms with E-state index in [1.165, 1.54) is 31.4 Å². The van der Waals surface area contributed by atoms with Crippen LogP contribution in [0.1, 0.15) is 6.42 Å². The van der Waals surface area contributed by atoms with Crippen LogP contribution in [0.5, 0.6) is 0 Å². The van der Waals surface area contributed by atoms with E-state index in [1.54, 1.807) is 0 Å². The predicted molar refractivity (Wildman–Crippen MR) is 71.7 cm³/mol. The summed E-state index contributed by atoms with van der Waals surface area (Å²) in [7, 11) is -5.75. The first-order valence-corrected chi connectivity index (χ1v) is 8.57. The van der Waals surface area contributed by atoms with Crippen LogP contribution in [-0.2, 0) is 24.8 Å². The quantitative estimate of drug-likeness (QED) is 0.694. The molecule has 3 N–H and O–H groups in total. The van der Waals surface area contributed by atoms with Crippen LogP contribution in [0, 0.1) is 0 Å². The molecule has 9 heteroatoms. The zero-order chi connectivity index (χ0) is 14.5. The minimum Gasteiger partial charge on any atom is -0.385 e. The lowest BCUT2D eigenvalue weighted by atomic mass is 10.3. The van der Waals surface area contributed by atoms with Crippen molar-refractivity contribution in [3.63, 3.8) is 0 Å². The SMILES string of the molecule is COCCCS(=O)(=O)Nc1ccc(S(N)(=O)=O)cc1. The molecule has 0 atom stereocenters. The molecule has 7 nitrogen and oxygen atoms in total. The standard InChI is InChI=1S/C10H16N2O5S2/c1-17-7-2-8-18(13,14)12-9-3-5-10(6-4-9)19(11,15)16/h3-6,12H,2,7-8H2,1H3,(H2,11,15,16). The molecule has 0 aliphatic rings. The van der Waals surface area contributed by atoms with Gasteiger partial charge in [-0.05, 0) is 30.7 Å². The van der Waals surface area contributed by atoms with Crippen molar-refractivity contribution in [3.05, 3.63) is 24.3 Å². The number of nitrogens with two attached hydrogens (primary N) is 1. The second kappa shape index (κ2) is 6.33. The Hall–Kier alpha value is -1.16. The lowest BCUT2D eigenvalue weighted by molar-refractivity contribution is 0.199. The van der Waals surface area contributed by atoms with Gasteiger partial charge in [0.1, 0.15) is 0 Å². The Morgan fingerprint density at radius 2 is 1.74 bits per heavy atom. The molecule has 0 spiro atoms. The highest BCUT2D eigenvalue weighted by Gasteiger charge is 2.11. The lowest BCUT2D eigenvalue weighted by Gasteiger charge is -2.08. The molecular weight excluding hydrogens is 292 g/mol. The van der Waals surface area contributed by atoms with Crippen molar-refractivity contribution in [1.29, 1.82) is 0 Å². The van der Waals surface area contributed by atoms with Gasteiger partial charge in [-0.1, -0.05) is 0 Å². The fourth-order valence-electron chi connectivity index (χ4n) is 1.34. The summed E-state index contributed by atoms with van der Waals surface area (Å²) >= 11 is 0. The zero-order valence-corrected chi connectivity index (χ0v) is 12.0. The highest BCUT2D eigenvalue weighted by Crippen LogP contribution is 2.14. The van der Waals surface area contributed by atoms with E-state index in [0.29, 0.717) is 13.0 Å². The maximum absolute atomic E-state index is 11.6. The third-order valence-corrected chi connectivity index (χ3v) is 4.52. The third kappa shape index (κ3) is 5.55. The van der Waals surface area contributed by atoms with Gasteiger partial charge in [0, 0.05) is 19.4 Å². The Morgan fingerprint density at radius 3 is 2.21 bits per heavy atom. The van der Waals surface area contributed by atoms with Crippen LogP contribution in [0.2, 0.25) is 0 Å². The fourth-order valence-corrected chi connectivity index (χ4v) is 2.95. The monoisotopic (exact) mass is 308 g/mol. The van der Waals surface area contributed by atoms with Gasteiger partial charge >= 0.3 is 0 Å². The smallest absolute Gasteiger partial charge is 0.238 e. The van der Waals surface area contributed by atoms with Gasteiger partial charge in [-0.2, -0.15) is 0 Å². The van der Waals surface area contributed by atoms with E-state index in [2.05, 4.69) is 4.72 Å². The van der Waals surface area contributed by atoms with E-state index in [4.69, 9.17) is 9.88 Å².